The number of aromatic nitrogens is 1. The van der Waals surface area contributed by atoms with Crippen molar-refractivity contribution in [1.82, 2.24) is 14.6 Å². The number of nitrogens with one attached hydrogen (secondary N) is 1. The molecule has 4 rings (SSSR count). The molecule has 0 atom stereocenters. The van der Waals surface area contributed by atoms with Crippen LogP contribution in [0.25, 0.3) is 11.1 Å². The molecule has 1 aliphatic rings. The van der Waals surface area contributed by atoms with Crippen molar-refractivity contribution >= 4 is 15.9 Å². The van der Waals surface area contributed by atoms with Gasteiger partial charge in [0.15, 0.2) is 0 Å². The van der Waals surface area contributed by atoms with Crippen LogP contribution >= 0.6 is 0 Å². The molecule has 0 radical (unpaired) electrons. The van der Waals surface area contributed by atoms with Crippen LogP contribution in [0.4, 0.5) is 0 Å². The lowest BCUT2D eigenvalue weighted by Crippen LogP contribution is -2.24. The van der Waals surface area contributed by atoms with Crippen LogP contribution in [0.2, 0.25) is 0 Å². The number of sulfonamides is 1. The fourth-order valence-corrected chi connectivity index (χ4v) is 4.18. The SMILES string of the molecule is CS(=O)(=O)N1Cc2nccc(-c3cccc(C(=O)NCc4ccccc4)c3)c2C1. The van der Waals surface area contributed by atoms with E-state index >= 15 is 0 Å². The maximum absolute atomic E-state index is 12.6. The smallest absolute Gasteiger partial charge is 0.251 e. The first-order chi connectivity index (χ1) is 13.9. The highest BCUT2D eigenvalue weighted by molar-refractivity contribution is 7.88. The zero-order valence-electron chi connectivity index (χ0n) is 16.0. The van der Waals surface area contributed by atoms with E-state index in [1.807, 2.05) is 54.6 Å². The molecule has 6 nitrogen and oxygen atoms in total. The molecule has 1 N–H and O–H groups in total. The zero-order valence-corrected chi connectivity index (χ0v) is 16.8. The number of carbonyl (C=O) groups excluding carboxylic acids is 1. The quantitative estimate of drug-likeness (QED) is 0.705. The zero-order chi connectivity index (χ0) is 20.4. The number of benzene rings is 2. The van der Waals surface area contributed by atoms with Crippen molar-refractivity contribution < 1.29 is 13.2 Å². The minimum absolute atomic E-state index is 0.154. The second-order valence-corrected chi connectivity index (χ2v) is 9.05. The molecule has 0 spiro atoms. The first kappa shape index (κ1) is 19.3. The van der Waals surface area contributed by atoms with Gasteiger partial charge in [-0.05, 0) is 40.5 Å². The monoisotopic (exact) mass is 407 g/mol. The maximum Gasteiger partial charge on any atom is 0.251 e. The molecule has 0 fully saturated rings. The third-order valence-corrected chi connectivity index (χ3v) is 6.20. The summed E-state index contributed by atoms with van der Waals surface area (Å²) < 4.78 is 25.3. The van der Waals surface area contributed by atoms with Crippen LogP contribution in [0.5, 0.6) is 0 Å². The number of nitrogens with zero attached hydrogens (tertiary/aromatic N) is 2. The average Bonchev–Trinajstić information content (AvgIpc) is 3.18. The van der Waals surface area contributed by atoms with Gasteiger partial charge >= 0.3 is 0 Å². The molecule has 0 bridgehead atoms. The van der Waals surface area contributed by atoms with Gasteiger partial charge in [0.1, 0.15) is 0 Å². The van der Waals surface area contributed by atoms with Gasteiger partial charge in [0.05, 0.1) is 18.5 Å². The summed E-state index contributed by atoms with van der Waals surface area (Å²) in [5.74, 6) is -0.154. The molecule has 2 aromatic carbocycles. The third-order valence-electron chi connectivity index (χ3n) is 5.01. The second kappa shape index (κ2) is 7.77. The number of hydrogen-bond acceptors (Lipinski definition) is 4. The predicted octanol–water partition coefficient (Wildman–Crippen LogP) is 2.95. The molecule has 1 amide bonds. The van der Waals surface area contributed by atoms with Crippen LogP contribution < -0.4 is 5.32 Å². The molecule has 2 heterocycles. The fraction of sp³-hybridized carbons (Fsp3) is 0.182. The summed E-state index contributed by atoms with van der Waals surface area (Å²) in [4.78, 5) is 17.0. The number of pyridine rings is 1. The Morgan fingerprint density at radius 2 is 1.86 bits per heavy atom. The van der Waals surface area contributed by atoms with Gasteiger partial charge in [0.25, 0.3) is 5.91 Å². The Balaban J connectivity index is 1.58. The van der Waals surface area contributed by atoms with Crippen LogP contribution in [0.3, 0.4) is 0 Å². The predicted molar refractivity (Wildman–Crippen MR) is 111 cm³/mol. The van der Waals surface area contributed by atoms with E-state index in [1.165, 1.54) is 10.6 Å². The van der Waals surface area contributed by atoms with Gasteiger partial charge in [0, 0.05) is 24.8 Å². The summed E-state index contributed by atoms with van der Waals surface area (Å²) >= 11 is 0. The largest absolute Gasteiger partial charge is 0.348 e. The van der Waals surface area contributed by atoms with Crippen LogP contribution in [-0.4, -0.2) is 29.9 Å². The van der Waals surface area contributed by atoms with Crippen LogP contribution in [0, 0.1) is 0 Å². The first-order valence-electron chi connectivity index (χ1n) is 9.26. The van der Waals surface area contributed by atoms with Crippen molar-refractivity contribution in [3.8, 4) is 11.1 Å². The van der Waals surface area contributed by atoms with E-state index in [2.05, 4.69) is 10.3 Å². The van der Waals surface area contributed by atoms with Gasteiger partial charge in [-0.2, -0.15) is 4.31 Å². The summed E-state index contributed by atoms with van der Waals surface area (Å²) in [6.07, 6.45) is 2.89. The molecule has 0 saturated carbocycles. The lowest BCUT2D eigenvalue weighted by molar-refractivity contribution is 0.0951. The van der Waals surface area contributed by atoms with Crippen molar-refractivity contribution in [2.24, 2.45) is 0 Å². The number of hydrogen-bond donors (Lipinski definition) is 1. The third kappa shape index (κ3) is 4.21. The van der Waals surface area contributed by atoms with Crippen LogP contribution in [0.15, 0.2) is 66.9 Å². The Labute approximate surface area is 170 Å². The van der Waals surface area contributed by atoms with Gasteiger partial charge in [-0.25, -0.2) is 8.42 Å². The lowest BCUT2D eigenvalue weighted by atomic mass is 9.98. The first-order valence-corrected chi connectivity index (χ1v) is 11.1. The number of carbonyl (C=O) groups is 1. The van der Waals surface area contributed by atoms with Crippen molar-refractivity contribution in [3.05, 3.63) is 89.2 Å². The van der Waals surface area contributed by atoms with Crippen molar-refractivity contribution in [3.63, 3.8) is 0 Å². The molecule has 0 unspecified atom stereocenters. The number of amides is 1. The highest BCUT2D eigenvalue weighted by Crippen LogP contribution is 2.32. The molecule has 1 aromatic heterocycles. The Morgan fingerprint density at radius 1 is 1.07 bits per heavy atom. The minimum Gasteiger partial charge on any atom is -0.348 e. The van der Waals surface area contributed by atoms with Crippen molar-refractivity contribution in [2.45, 2.75) is 19.6 Å². The van der Waals surface area contributed by atoms with Gasteiger partial charge in [-0.1, -0.05) is 42.5 Å². The minimum atomic E-state index is -3.30. The summed E-state index contributed by atoms with van der Waals surface area (Å²) in [6.45, 7) is 1.03. The highest BCUT2D eigenvalue weighted by Gasteiger charge is 2.29. The topological polar surface area (TPSA) is 79.4 Å². The number of fused-ring (bicyclic) bond motifs is 1. The summed E-state index contributed by atoms with van der Waals surface area (Å²) in [5, 5.41) is 2.93. The van der Waals surface area contributed by atoms with Gasteiger partial charge in [-0.3, -0.25) is 9.78 Å². The summed E-state index contributed by atoms with van der Waals surface area (Å²) in [6, 6.07) is 19.0. The van der Waals surface area contributed by atoms with E-state index < -0.39 is 10.0 Å². The molecule has 3 aromatic rings. The van der Waals surface area contributed by atoms with Crippen molar-refractivity contribution in [1.29, 1.82) is 0 Å². The fourth-order valence-electron chi connectivity index (χ4n) is 3.46. The van der Waals surface area contributed by atoms with Crippen molar-refractivity contribution in [2.75, 3.05) is 6.26 Å². The van der Waals surface area contributed by atoms with E-state index in [0.717, 1.165) is 27.9 Å². The lowest BCUT2D eigenvalue weighted by Gasteiger charge is -2.12. The average molecular weight is 407 g/mol. The summed E-state index contributed by atoms with van der Waals surface area (Å²) in [5.41, 5.74) is 5.00. The van der Waals surface area contributed by atoms with Crippen LogP contribution in [-0.2, 0) is 29.7 Å². The molecule has 29 heavy (non-hydrogen) atoms. The Hall–Kier alpha value is -3.03. The van der Waals surface area contributed by atoms with Gasteiger partial charge in [-0.15, -0.1) is 0 Å². The molecule has 148 valence electrons. The second-order valence-electron chi connectivity index (χ2n) is 7.06. The van der Waals surface area contributed by atoms with Gasteiger partial charge in [0.2, 0.25) is 10.0 Å². The van der Waals surface area contributed by atoms with E-state index in [1.54, 1.807) is 12.3 Å². The molecule has 0 saturated heterocycles. The maximum atomic E-state index is 12.6. The Bertz CT molecular complexity index is 1160. The standard InChI is InChI=1S/C22H21N3O3S/c1-29(27,28)25-14-20-19(10-11-23-21(20)15-25)17-8-5-9-18(12-17)22(26)24-13-16-6-3-2-4-7-16/h2-12H,13-15H2,1H3,(H,24,26). The Kier molecular flexibility index (Phi) is 5.17. The molecule has 1 aliphatic heterocycles. The molecular weight excluding hydrogens is 386 g/mol. The normalized spacial score (nSPS) is 13.8. The molecule has 0 aliphatic carbocycles. The summed E-state index contributed by atoms with van der Waals surface area (Å²) in [7, 11) is -3.30. The number of rotatable bonds is 5. The molecular formula is C22H21N3O3S. The highest BCUT2D eigenvalue weighted by atomic mass is 32.2. The van der Waals surface area contributed by atoms with E-state index in [0.29, 0.717) is 18.7 Å². The van der Waals surface area contributed by atoms with Crippen LogP contribution in [0.1, 0.15) is 27.2 Å². The van der Waals surface area contributed by atoms with E-state index in [4.69, 9.17) is 0 Å². The molecule has 7 heteroatoms. The van der Waals surface area contributed by atoms with E-state index in [9.17, 15) is 13.2 Å². The van der Waals surface area contributed by atoms with E-state index in [-0.39, 0.29) is 12.5 Å². The Morgan fingerprint density at radius 3 is 2.62 bits per heavy atom. The van der Waals surface area contributed by atoms with Gasteiger partial charge < -0.3 is 5.32 Å².